The summed E-state index contributed by atoms with van der Waals surface area (Å²) in [5.41, 5.74) is 4.85. The van der Waals surface area contributed by atoms with Crippen LogP contribution in [0.15, 0.2) is 18.2 Å². The van der Waals surface area contributed by atoms with Crippen molar-refractivity contribution in [3.8, 4) is 0 Å². The normalized spacial score (nSPS) is 23.7. The summed E-state index contributed by atoms with van der Waals surface area (Å²) in [7, 11) is 0. The fraction of sp³-hybridized carbons (Fsp3) is 0.529. The molecule has 0 spiro atoms. The van der Waals surface area contributed by atoms with Crippen molar-refractivity contribution < 1.29 is 14.8 Å². The fourth-order valence-corrected chi connectivity index (χ4v) is 3.47. The van der Waals surface area contributed by atoms with E-state index in [1.54, 1.807) is 5.48 Å². The molecule has 4 N–H and O–H groups in total. The molecule has 6 heteroatoms. The molecular weight excluding hydrogens is 294 g/mol. The lowest BCUT2D eigenvalue weighted by molar-refractivity contribution is -0.133. The van der Waals surface area contributed by atoms with Gasteiger partial charge in [-0.3, -0.25) is 14.8 Å². The first kappa shape index (κ1) is 16.0. The quantitative estimate of drug-likeness (QED) is 0.499. The van der Waals surface area contributed by atoms with Crippen LogP contribution in [0, 0.1) is 11.8 Å². The Kier molecular flexibility index (Phi) is 4.93. The highest BCUT2D eigenvalue weighted by Crippen LogP contribution is 2.28. The second-order valence-corrected chi connectivity index (χ2v) is 6.43. The van der Waals surface area contributed by atoms with E-state index in [0.717, 1.165) is 43.6 Å². The number of amides is 2. The molecule has 6 nitrogen and oxygen atoms in total. The van der Waals surface area contributed by atoms with Crippen LogP contribution in [0.5, 0.6) is 0 Å². The zero-order valence-electron chi connectivity index (χ0n) is 13.1. The molecule has 3 rings (SSSR count). The van der Waals surface area contributed by atoms with Crippen LogP contribution >= 0.6 is 0 Å². The van der Waals surface area contributed by atoms with Gasteiger partial charge in [0.15, 0.2) is 0 Å². The van der Waals surface area contributed by atoms with Crippen LogP contribution in [0.2, 0.25) is 0 Å². The first-order valence-corrected chi connectivity index (χ1v) is 8.24. The molecule has 1 aliphatic carbocycles. The van der Waals surface area contributed by atoms with Crippen molar-refractivity contribution in [2.45, 2.75) is 32.1 Å². The van der Waals surface area contributed by atoms with Crippen molar-refractivity contribution in [2.24, 2.45) is 11.8 Å². The third kappa shape index (κ3) is 3.71. The Morgan fingerprint density at radius 2 is 2.00 bits per heavy atom. The second kappa shape index (κ2) is 7.10. The molecule has 2 unspecified atom stereocenters. The van der Waals surface area contributed by atoms with E-state index in [0.29, 0.717) is 12.8 Å². The van der Waals surface area contributed by atoms with Crippen LogP contribution < -0.4 is 16.1 Å². The molecule has 1 heterocycles. The molecule has 0 saturated carbocycles. The van der Waals surface area contributed by atoms with Gasteiger partial charge in [0.2, 0.25) is 11.8 Å². The number of anilines is 1. The highest BCUT2D eigenvalue weighted by atomic mass is 16.5. The topological polar surface area (TPSA) is 90.5 Å². The van der Waals surface area contributed by atoms with Crippen molar-refractivity contribution in [3.63, 3.8) is 0 Å². The highest BCUT2D eigenvalue weighted by Gasteiger charge is 2.25. The van der Waals surface area contributed by atoms with Crippen molar-refractivity contribution in [1.29, 1.82) is 0 Å². The molecule has 2 amide bonds. The summed E-state index contributed by atoms with van der Waals surface area (Å²) in [5.74, 6) is -0.387. The zero-order chi connectivity index (χ0) is 16.2. The summed E-state index contributed by atoms with van der Waals surface area (Å²) in [6.07, 6.45) is 4.09. The maximum Gasteiger partial charge on any atom is 0.246 e. The number of carbonyl (C=O) groups excluding carboxylic acids is 2. The molecule has 2 atom stereocenters. The van der Waals surface area contributed by atoms with Crippen molar-refractivity contribution in [2.75, 3.05) is 18.4 Å². The predicted molar refractivity (Wildman–Crippen MR) is 86.1 cm³/mol. The Balaban J connectivity index is 1.65. The number of nitrogens with one attached hydrogen (secondary N) is 3. The van der Waals surface area contributed by atoms with Gasteiger partial charge >= 0.3 is 0 Å². The first-order chi connectivity index (χ1) is 11.2. The summed E-state index contributed by atoms with van der Waals surface area (Å²) < 4.78 is 0. The monoisotopic (exact) mass is 317 g/mol. The molecule has 2 aliphatic rings. The fourth-order valence-electron chi connectivity index (χ4n) is 3.47. The Hall–Kier alpha value is -1.92. The summed E-state index contributed by atoms with van der Waals surface area (Å²) in [6.45, 7) is 1.74. The number of aryl methyl sites for hydroxylation is 1. The molecule has 124 valence electrons. The molecule has 1 aromatic carbocycles. The van der Waals surface area contributed by atoms with Crippen molar-refractivity contribution in [3.05, 3.63) is 29.3 Å². The van der Waals surface area contributed by atoms with Gasteiger partial charge in [0.25, 0.3) is 0 Å². The van der Waals surface area contributed by atoms with Crippen LogP contribution in [-0.4, -0.2) is 30.1 Å². The lowest BCUT2D eigenvalue weighted by Crippen LogP contribution is -2.37. The number of fused-ring (bicyclic) bond motifs is 1. The van der Waals surface area contributed by atoms with Crippen LogP contribution in [0.1, 0.15) is 30.4 Å². The summed E-state index contributed by atoms with van der Waals surface area (Å²) in [4.78, 5) is 23.8. The van der Waals surface area contributed by atoms with E-state index < -0.39 is 0 Å². The Morgan fingerprint density at radius 3 is 2.74 bits per heavy atom. The molecule has 0 bridgehead atoms. The van der Waals surface area contributed by atoms with E-state index in [4.69, 9.17) is 5.21 Å². The van der Waals surface area contributed by atoms with Gasteiger partial charge in [0.1, 0.15) is 0 Å². The van der Waals surface area contributed by atoms with Crippen molar-refractivity contribution >= 4 is 17.5 Å². The summed E-state index contributed by atoms with van der Waals surface area (Å²) >= 11 is 0. The number of rotatable bonds is 3. The number of hydrogen-bond acceptors (Lipinski definition) is 4. The van der Waals surface area contributed by atoms with Gasteiger partial charge in [-0.1, -0.05) is 6.07 Å². The van der Waals surface area contributed by atoms with Crippen LogP contribution in [-0.2, 0) is 22.4 Å². The largest absolute Gasteiger partial charge is 0.326 e. The van der Waals surface area contributed by atoms with Crippen LogP contribution in [0.4, 0.5) is 5.69 Å². The lowest BCUT2D eigenvalue weighted by atomic mass is 9.83. The predicted octanol–water partition coefficient (Wildman–Crippen LogP) is 1.23. The number of benzene rings is 1. The standard InChI is InChI=1S/C17H23N3O3/c21-16(14-2-1-7-18-10-14)19-15-6-5-11-8-13(17(22)20-23)4-3-12(11)9-15/h5-6,9,13-14,18,23H,1-4,7-8,10H2,(H,19,21)(H,20,22). The molecule has 0 aromatic heterocycles. The van der Waals surface area contributed by atoms with E-state index in [1.807, 2.05) is 18.2 Å². The van der Waals surface area contributed by atoms with Crippen molar-refractivity contribution in [1.82, 2.24) is 10.8 Å². The Labute approximate surface area is 135 Å². The Bertz CT molecular complexity index is 597. The van der Waals surface area contributed by atoms with Gasteiger partial charge in [-0.15, -0.1) is 0 Å². The minimum Gasteiger partial charge on any atom is -0.326 e. The number of hydrogen-bond donors (Lipinski definition) is 4. The number of piperidine rings is 1. The highest BCUT2D eigenvalue weighted by molar-refractivity contribution is 5.93. The molecule has 0 radical (unpaired) electrons. The van der Waals surface area contributed by atoms with Gasteiger partial charge in [-0.25, -0.2) is 5.48 Å². The minimum atomic E-state index is -0.321. The summed E-state index contributed by atoms with van der Waals surface area (Å²) in [5, 5.41) is 15.0. The second-order valence-electron chi connectivity index (χ2n) is 6.43. The van der Waals surface area contributed by atoms with E-state index in [9.17, 15) is 9.59 Å². The van der Waals surface area contributed by atoms with Gasteiger partial charge in [-0.2, -0.15) is 0 Å². The zero-order valence-corrected chi connectivity index (χ0v) is 13.1. The van der Waals surface area contributed by atoms with E-state index in [-0.39, 0.29) is 23.7 Å². The number of carbonyl (C=O) groups is 2. The molecule has 1 fully saturated rings. The molecule has 23 heavy (non-hydrogen) atoms. The van der Waals surface area contributed by atoms with Crippen LogP contribution in [0.3, 0.4) is 0 Å². The van der Waals surface area contributed by atoms with Gasteiger partial charge < -0.3 is 10.6 Å². The lowest BCUT2D eigenvalue weighted by Gasteiger charge is -2.24. The smallest absolute Gasteiger partial charge is 0.246 e. The van der Waals surface area contributed by atoms with E-state index in [2.05, 4.69) is 10.6 Å². The minimum absolute atomic E-state index is 0.0393. The molecular formula is C17H23N3O3. The molecule has 1 aliphatic heterocycles. The maximum absolute atomic E-state index is 12.3. The van der Waals surface area contributed by atoms with Gasteiger partial charge in [0, 0.05) is 18.2 Å². The third-order valence-electron chi connectivity index (χ3n) is 4.85. The van der Waals surface area contributed by atoms with Gasteiger partial charge in [0.05, 0.1) is 5.92 Å². The van der Waals surface area contributed by atoms with Crippen LogP contribution in [0.25, 0.3) is 0 Å². The van der Waals surface area contributed by atoms with E-state index >= 15 is 0 Å². The first-order valence-electron chi connectivity index (χ1n) is 8.24. The molecule has 1 saturated heterocycles. The maximum atomic E-state index is 12.3. The average Bonchev–Trinajstić information content (AvgIpc) is 2.61. The SMILES string of the molecule is O=C(NO)C1CCc2cc(NC(=O)C3CCCNC3)ccc2C1. The van der Waals surface area contributed by atoms with Gasteiger partial charge in [-0.05, 0) is 61.9 Å². The Morgan fingerprint density at radius 1 is 1.13 bits per heavy atom. The average molecular weight is 317 g/mol. The van der Waals surface area contributed by atoms with E-state index in [1.165, 1.54) is 5.56 Å². The number of hydroxylamine groups is 1. The summed E-state index contributed by atoms with van der Waals surface area (Å²) in [6, 6.07) is 5.88. The third-order valence-corrected chi connectivity index (χ3v) is 4.85. The molecule has 1 aromatic rings.